The van der Waals surface area contributed by atoms with Crippen molar-refractivity contribution in [1.82, 2.24) is 10.2 Å². The van der Waals surface area contributed by atoms with Crippen LogP contribution in [0.5, 0.6) is 11.5 Å². The van der Waals surface area contributed by atoms with Crippen LogP contribution in [0.1, 0.15) is 37.3 Å². The van der Waals surface area contributed by atoms with Crippen LogP contribution >= 0.6 is 0 Å². The highest BCUT2D eigenvalue weighted by molar-refractivity contribution is 5.79. The molecular formula is C19H26N2O4. The predicted octanol–water partition coefficient (Wildman–Crippen LogP) is 1.89. The lowest BCUT2D eigenvalue weighted by molar-refractivity contribution is -0.131. The molecule has 6 heteroatoms. The summed E-state index contributed by atoms with van der Waals surface area (Å²) in [6.45, 7) is 3.97. The van der Waals surface area contributed by atoms with Crippen molar-refractivity contribution in [1.29, 1.82) is 0 Å². The molecule has 3 aliphatic heterocycles. The number of ether oxygens (including phenoxy) is 3. The number of amides is 1. The molecule has 1 amide bonds. The fraction of sp³-hybridized carbons (Fsp3) is 0.632. The number of hydrogen-bond acceptors (Lipinski definition) is 5. The second-order valence-electron chi connectivity index (χ2n) is 6.91. The Bertz CT molecular complexity index is 615. The summed E-state index contributed by atoms with van der Waals surface area (Å²) in [6, 6.07) is 6.18. The lowest BCUT2D eigenvalue weighted by atomic mass is 10.0. The van der Waals surface area contributed by atoms with Crippen molar-refractivity contribution in [3.05, 3.63) is 23.8 Å². The normalized spacial score (nSPS) is 25.4. The Balaban J connectivity index is 1.37. The summed E-state index contributed by atoms with van der Waals surface area (Å²) in [5.74, 6) is 1.75. The van der Waals surface area contributed by atoms with Gasteiger partial charge in [0.15, 0.2) is 11.5 Å². The molecule has 6 nitrogen and oxygen atoms in total. The van der Waals surface area contributed by atoms with Crippen molar-refractivity contribution in [2.24, 2.45) is 0 Å². The number of likely N-dealkylation sites (tertiary alicyclic amines) is 1. The van der Waals surface area contributed by atoms with Crippen LogP contribution in [0.4, 0.5) is 0 Å². The Labute approximate surface area is 148 Å². The highest BCUT2D eigenvalue weighted by atomic mass is 16.6. The Morgan fingerprint density at radius 1 is 1.12 bits per heavy atom. The average Bonchev–Trinajstić information content (AvgIpc) is 3.33. The highest BCUT2D eigenvalue weighted by Crippen LogP contribution is 2.38. The van der Waals surface area contributed by atoms with E-state index in [0.29, 0.717) is 19.8 Å². The van der Waals surface area contributed by atoms with E-state index in [1.54, 1.807) is 0 Å². The van der Waals surface area contributed by atoms with Crippen LogP contribution in [0.2, 0.25) is 0 Å². The summed E-state index contributed by atoms with van der Waals surface area (Å²) in [7, 11) is 0. The van der Waals surface area contributed by atoms with Gasteiger partial charge in [0.05, 0.1) is 18.7 Å². The Morgan fingerprint density at radius 2 is 2.00 bits per heavy atom. The first-order valence-corrected chi connectivity index (χ1v) is 9.32. The van der Waals surface area contributed by atoms with Crippen LogP contribution in [0.15, 0.2) is 18.2 Å². The maximum atomic E-state index is 12.7. The number of benzene rings is 1. The number of rotatable bonds is 5. The van der Waals surface area contributed by atoms with Gasteiger partial charge in [0.1, 0.15) is 13.2 Å². The van der Waals surface area contributed by atoms with E-state index in [-0.39, 0.29) is 18.1 Å². The molecule has 2 atom stereocenters. The largest absolute Gasteiger partial charge is 0.486 e. The molecule has 3 aliphatic rings. The molecular weight excluding hydrogens is 320 g/mol. The van der Waals surface area contributed by atoms with E-state index < -0.39 is 0 Å². The highest BCUT2D eigenvalue weighted by Gasteiger charge is 2.30. The fourth-order valence-corrected chi connectivity index (χ4v) is 3.93. The van der Waals surface area contributed by atoms with Gasteiger partial charge in [-0.25, -0.2) is 0 Å². The predicted molar refractivity (Wildman–Crippen MR) is 93.0 cm³/mol. The second-order valence-corrected chi connectivity index (χ2v) is 6.91. The summed E-state index contributed by atoms with van der Waals surface area (Å²) in [5.41, 5.74) is 1.13. The first-order valence-electron chi connectivity index (χ1n) is 9.32. The van der Waals surface area contributed by atoms with E-state index in [1.165, 1.54) is 0 Å². The quantitative estimate of drug-likeness (QED) is 0.882. The molecule has 25 heavy (non-hydrogen) atoms. The van der Waals surface area contributed by atoms with Crippen LogP contribution in [0, 0.1) is 0 Å². The number of fused-ring (bicyclic) bond motifs is 1. The standard InChI is InChI=1S/C19H26N2O4/c22-19(13-20-12-15-3-2-8-23-15)21-7-1-4-16(21)14-5-6-17-18(11-14)25-10-9-24-17/h5-6,11,15-16,20H,1-4,7-10,12-13H2. The van der Waals surface area contributed by atoms with Crippen LogP contribution < -0.4 is 14.8 Å². The summed E-state index contributed by atoms with van der Waals surface area (Å²) in [5, 5.41) is 3.27. The Morgan fingerprint density at radius 3 is 2.84 bits per heavy atom. The van der Waals surface area contributed by atoms with Gasteiger partial charge in [-0.15, -0.1) is 0 Å². The zero-order valence-electron chi connectivity index (χ0n) is 14.5. The zero-order valence-corrected chi connectivity index (χ0v) is 14.5. The van der Waals surface area contributed by atoms with Gasteiger partial charge in [0.2, 0.25) is 5.91 Å². The topological polar surface area (TPSA) is 60.0 Å². The van der Waals surface area contributed by atoms with Crippen molar-refractivity contribution in [2.45, 2.75) is 37.8 Å². The molecule has 0 bridgehead atoms. The van der Waals surface area contributed by atoms with Gasteiger partial charge in [-0.2, -0.15) is 0 Å². The molecule has 0 spiro atoms. The maximum Gasteiger partial charge on any atom is 0.237 e. The van der Waals surface area contributed by atoms with Crippen molar-refractivity contribution in [2.75, 3.05) is 39.5 Å². The third-order valence-electron chi connectivity index (χ3n) is 5.20. The van der Waals surface area contributed by atoms with Crippen LogP contribution in [-0.4, -0.2) is 56.4 Å². The molecule has 3 heterocycles. The van der Waals surface area contributed by atoms with E-state index in [1.807, 2.05) is 17.0 Å². The molecule has 2 unspecified atom stereocenters. The third-order valence-corrected chi connectivity index (χ3v) is 5.20. The molecule has 2 fully saturated rings. The molecule has 2 saturated heterocycles. The number of carbonyl (C=O) groups is 1. The van der Waals surface area contributed by atoms with Crippen molar-refractivity contribution in [3.63, 3.8) is 0 Å². The number of hydrogen-bond donors (Lipinski definition) is 1. The fourth-order valence-electron chi connectivity index (χ4n) is 3.93. The van der Waals surface area contributed by atoms with Crippen LogP contribution in [0.3, 0.4) is 0 Å². The molecule has 0 aliphatic carbocycles. The number of nitrogens with zero attached hydrogens (tertiary/aromatic N) is 1. The third kappa shape index (κ3) is 3.75. The first-order chi connectivity index (χ1) is 12.3. The van der Waals surface area contributed by atoms with E-state index in [9.17, 15) is 4.79 Å². The second kappa shape index (κ2) is 7.62. The number of carbonyl (C=O) groups excluding carboxylic acids is 1. The minimum absolute atomic E-state index is 0.132. The SMILES string of the molecule is O=C(CNCC1CCCO1)N1CCCC1c1ccc2c(c1)OCCO2. The van der Waals surface area contributed by atoms with E-state index >= 15 is 0 Å². The molecule has 136 valence electrons. The van der Waals surface area contributed by atoms with Gasteiger partial charge in [0.25, 0.3) is 0 Å². The van der Waals surface area contributed by atoms with Gasteiger partial charge in [0, 0.05) is 19.7 Å². The maximum absolute atomic E-state index is 12.7. The lowest BCUT2D eigenvalue weighted by Gasteiger charge is -2.27. The van der Waals surface area contributed by atoms with Crippen LogP contribution in [0.25, 0.3) is 0 Å². The molecule has 1 aromatic rings. The first kappa shape index (κ1) is 16.7. The van der Waals surface area contributed by atoms with Gasteiger partial charge < -0.3 is 24.4 Å². The van der Waals surface area contributed by atoms with Gasteiger partial charge in [-0.3, -0.25) is 4.79 Å². The minimum atomic E-state index is 0.132. The molecule has 0 saturated carbocycles. The van der Waals surface area contributed by atoms with Crippen molar-refractivity contribution < 1.29 is 19.0 Å². The zero-order chi connectivity index (χ0) is 17.1. The van der Waals surface area contributed by atoms with Crippen LogP contribution in [-0.2, 0) is 9.53 Å². The van der Waals surface area contributed by atoms with E-state index in [4.69, 9.17) is 14.2 Å². The number of nitrogens with one attached hydrogen (secondary N) is 1. The molecule has 0 radical (unpaired) electrons. The van der Waals surface area contributed by atoms with Gasteiger partial charge in [-0.05, 0) is 43.4 Å². The molecule has 1 aromatic carbocycles. The monoisotopic (exact) mass is 346 g/mol. The molecule has 4 rings (SSSR count). The minimum Gasteiger partial charge on any atom is -0.486 e. The molecule has 1 N–H and O–H groups in total. The summed E-state index contributed by atoms with van der Waals surface area (Å²) < 4.78 is 16.9. The Kier molecular flexibility index (Phi) is 5.08. The van der Waals surface area contributed by atoms with E-state index in [2.05, 4.69) is 11.4 Å². The Hall–Kier alpha value is -1.79. The summed E-state index contributed by atoms with van der Waals surface area (Å²) in [6.07, 6.45) is 4.51. The molecule has 0 aromatic heterocycles. The smallest absolute Gasteiger partial charge is 0.237 e. The average molecular weight is 346 g/mol. The summed E-state index contributed by atoms with van der Waals surface area (Å²) >= 11 is 0. The van der Waals surface area contributed by atoms with Gasteiger partial charge in [-0.1, -0.05) is 6.07 Å². The lowest BCUT2D eigenvalue weighted by Crippen LogP contribution is -2.40. The summed E-state index contributed by atoms with van der Waals surface area (Å²) in [4.78, 5) is 14.7. The van der Waals surface area contributed by atoms with Crippen molar-refractivity contribution in [3.8, 4) is 11.5 Å². The van der Waals surface area contributed by atoms with E-state index in [0.717, 1.165) is 62.4 Å². The van der Waals surface area contributed by atoms with Crippen molar-refractivity contribution >= 4 is 5.91 Å². The van der Waals surface area contributed by atoms with Gasteiger partial charge >= 0.3 is 0 Å².